The Hall–Kier alpha value is -2.29. The van der Waals surface area contributed by atoms with Crippen LogP contribution < -0.4 is 10.6 Å². The average Bonchev–Trinajstić information content (AvgIpc) is 2.24. The van der Waals surface area contributed by atoms with Crippen molar-refractivity contribution in [3.8, 4) is 6.07 Å². The molecule has 0 aromatic carbocycles. The second kappa shape index (κ2) is 5.44. The molecule has 6 nitrogen and oxygen atoms in total. The number of anilines is 1. The Balaban J connectivity index is 2.44. The van der Waals surface area contributed by atoms with Gasteiger partial charge in [0.05, 0.1) is 5.69 Å². The first-order chi connectivity index (χ1) is 7.24. The van der Waals surface area contributed by atoms with E-state index in [-0.39, 0.29) is 6.54 Å². The predicted octanol–water partition coefficient (Wildman–Crippen LogP) is 0.633. The van der Waals surface area contributed by atoms with Crippen LogP contribution in [0.5, 0.6) is 0 Å². The third-order valence-corrected chi connectivity index (χ3v) is 1.63. The summed E-state index contributed by atoms with van der Waals surface area (Å²) >= 11 is 0. The van der Waals surface area contributed by atoms with Gasteiger partial charge in [-0.1, -0.05) is 0 Å². The molecule has 0 fully saturated rings. The molecule has 78 valence electrons. The van der Waals surface area contributed by atoms with Gasteiger partial charge >= 0.3 is 6.09 Å². The summed E-state index contributed by atoms with van der Waals surface area (Å²) in [6.45, 7) is 0.682. The van der Waals surface area contributed by atoms with E-state index in [2.05, 4.69) is 15.6 Å². The number of carbonyl (C=O) groups is 1. The molecule has 0 aliphatic rings. The monoisotopic (exact) mass is 206 g/mol. The van der Waals surface area contributed by atoms with E-state index in [4.69, 9.17) is 10.4 Å². The quantitative estimate of drug-likeness (QED) is 0.628. The number of hydrogen-bond acceptors (Lipinski definition) is 4. The van der Waals surface area contributed by atoms with Gasteiger partial charge in [-0.2, -0.15) is 5.26 Å². The van der Waals surface area contributed by atoms with Crippen LogP contribution in [0.2, 0.25) is 0 Å². The van der Waals surface area contributed by atoms with Crippen LogP contribution >= 0.6 is 0 Å². The molecule has 1 aromatic heterocycles. The number of nitriles is 1. The molecule has 0 saturated heterocycles. The van der Waals surface area contributed by atoms with Crippen molar-refractivity contribution in [2.24, 2.45) is 0 Å². The number of pyridine rings is 1. The lowest BCUT2D eigenvalue weighted by Crippen LogP contribution is -2.27. The van der Waals surface area contributed by atoms with Gasteiger partial charge in [-0.3, -0.25) is 0 Å². The standard InChI is InChI=1S/C9H10N4O2/c10-6-8-7(2-1-3-11-8)12-4-5-13-9(14)15/h1-3,12-13H,4-5H2,(H,14,15). The van der Waals surface area contributed by atoms with Crippen LogP contribution in [-0.2, 0) is 0 Å². The SMILES string of the molecule is N#Cc1ncccc1NCCNC(=O)O. The van der Waals surface area contributed by atoms with Gasteiger partial charge in [-0.15, -0.1) is 0 Å². The summed E-state index contributed by atoms with van der Waals surface area (Å²) in [5, 5.41) is 22.1. The minimum Gasteiger partial charge on any atom is -0.465 e. The molecular weight excluding hydrogens is 196 g/mol. The van der Waals surface area contributed by atoms with Gasteiger partial charge in [-0.25, -0.2) is 9.78 Å². The minimum atomic E-state index is -1.07. The lowest BCUT2D eigenvalue weighted by Gasteiger charge is -2.06. The molecule has 3 N–H and O–H groups in total. The summed E-state index contributed by atoms with van der Waals surface area (Å²) in [6.07, 6.45) is 0.461. The highest BCUT2D eigenvalue weighted by Gasteiger charge is 2.00. The zero-order valence-corrected chi connectivity index (χ0v) is 7.90. The molecule has 1 heterocycles. The number of amides is 1. The maximum Gasteiger partial charge on any atom is 0.404 e. The maximum atomic E-state index is 10.1. The van der Waals surface area contributed by atoms with Gasteiger partial charge in [0.15, 0.2) is 5.69 Å². The first-order valence-electron chi connectivity index (χ1n) is 4.30. The van der Waals surface area contributed by atoms with E-state index in [1.807, 2.05) is 6.07 Å². The van der Waals surface area contributed by atoms with Crippen molar-refractivity contribution in [3.05, 3.63) is 24.0 Å². The molecule has 6 heteroatoms. The fourth-order valence-electron chi connectivity index (χ4n) is 1.00. The normalized spacial score (nSPS) is 9.00. The Morgan fingerprint density at radius 3 is 3.07 bits per heavy atom. The Kier molecular flexibility index (Phi) is 3.91. The van der Waals surface area contributed by atoms with Crippen LogP contribution in [0.15, 0.2) is 18.3 Å². The zero-order valence-electron chi connectivity index (χ0n) is 7.90. The van der Waals surface area contributed by atoms with Crippen LogP contribution in [0.3, 0.4) is 0 Å². The summed E-state index contributed by atoms with van der Waals surface area (Å²) in [6, 6.07) is 5.35. The van der Waals surface area contributed by atoms with Crippen LogP contribution in [0, 0.1) is 11.3 Å². The Morgan fingerprint density at radius 2 is 2.40 bits per heavy atom. The molecule has 1 rings (SSSR count). The molecule has 0 spiro atoms. The molecule has 0 unspecified atom stereocenters. The summed E-state index contributed by atoms with van der Waals surface area (Å²) < 4.78 is 0. The van der Waals surface area contributed by atoms with Crippen molar-refractivity contribution in [1.29, 1.82) is 5.26 Å². The van der Waals surface area contributed by atoms with E-state index in [1.165, 1.54) is 6.20 Å². The van der Waals surface area contributed by atoms with Crippen molar-refractivity contribution in [2.75, 3.05) is 18.4 Å². The molecule has 0 saturated carbocycles. The maximum absolute atomic E-state index is 10.1. The fraction of sp³-hybridized carbons (Fsp3) is 0.222. The molecule has 1 aromatic rings. The van der Waals surface area contributed by atoms with E-state index in [0.717, 1.165) is 0 Å². The van der Waals surface area contributed by atoms with Crippen molar-refractivity contribution >= 4 is 11.8 Å². The smallest absolute Gasteiger partial charge is 0.404 e. The Labute approximate surface area is 86.6 Å². The zero-order chi connectivity index (χ0) is 11.1. The highest BCUT2D eigenvalue weighted by atomic mass is 16.4. The van der Waals surface area contributed by atoms with Crippen LogP contribution in [-0.4, -0.2) is 29.3 Å². The topological polar surface area (TPSA) is 98.0 Å². The van der Waals surface area contributed by atoms with E-state index in [9.17, 15) is 4.79 Å². The highest BCUT2D eigenvalue weighted by molar-refractivity contribution is 5.64. The highest BCUT2D eigenvalue weighted by Crippen LogP contribution is 2.09. The van der Waals surface area contributed by atoms with Crippen LogP contribution in [0.25, 0.3) is 0 Å². The third-order valence-electron chi connectivity index (χ3n) is 1.63. The van der Waals surface area contributed by atoms with Crippen LogP contribution in [0.4, 0.5) is 10.5 Å². The second-order valence-corrected chi connectivity index (χ2v) is 2.67. The van der Waals surface area contributed by atoms with Crippen molar-refractivity contribution in [2.45, 2.75) is 0 Å². The lowest BCUT2D eigenvalue weighted by atomic mass is 10.3. The van der Waals surface area contributed by atoms with Crippen LogP contribution in [0.1, 0.15) is 5.69 Å². The van der Waals surface area contributed by atoms with Gasteiger partial charge in [0.1, 0.15) is 6.07 Å². The summed E-state index contributed by atoms with van der Waals surface area (Å²) in [5.41, 5.74) is 0.903. The van der Waals surface area contributed by atoms with E-state index >= 15 is 0 Å². The number of nitrogens with zero attached hydrogens (tertiary/aromatic N) is 2. The Bertz CT molecular complexity index is 386. The first-order valence-corrected chi connectivity index (χ1v) is 4.30. The molecular formula is C9H10N4O2. The Morgan fingerprint density at radius 1 is 1.60 bits per heavy atom. The molecule has 0 atom stereocenters. The van der Waals surface area contributed by atoms with Gasteiger partial charge in [0.2, 0.25) is 0 Å². The molecule has 1 amide bonds. The molecule has 0 bridgehead atoms. The molecule has 0 radical (unpaired) electrons. The molecule has 15 heavy (non-hydrogen) atoms. The van der Waals surface area contributed by atoms with Crippen molar-refractivity contribution in [1.82, 2.24) is 10.3 Å². The third kappa shape index (κ3) is 3.52. The number of carboxylic acid groups (broad SMARTS) is 1. The predicted molar refractivity (Wildman–Crippen MR) is 53.5 cm³/mol. The van der Waals surface area contributed by atoms with Gasteiger partial charge in [0, 0.05) is 19.3 Å². The number of aromatic nitrogens is 1. The summed E-state index contributed by atoms with van der Waals surface area (Å²) in [5.74, 6) is 0. The van der Waals surface area contributed by atoms with E-state index in [0.29, 0.717) is 17.9 Å². The lowest BCUT2D eigenvalue weighted by molar-refractivity contribution is 0.195. The largest absolute Gasteiger partial charge is 0.465 e. The molecule has 0 aliphatic carbocycles. The van der Waals surface area contributed by atoms with E-state index in [1.54, 1.807) is 12.1 Å². The van der Waals surface area contributed by atoms with Gasteiger partial charge in [0.25, 0.3) is 0 Å². The summed E-state index contributed by atoms with van der Waals surface area (Å²) in [7, 11) is 0. The number of nitrogens with one attached hydrogen (secondary N) is 2. The molecule has 0 aliphatic heterocycles. The number of hydrogen-bond donors (Lipinski definition) is 3. The number of rotatable bonds is 4. The van der Waals surface area contributed by atoms with E-state index < -0.39 is 6.09 Å². The average molecular weight is 206 g/mol. The minimum absolute atomic E-state index is 0.273. The van der Waals surface area contributed by atoms with Gasteiger partial charge in [-0.05, 0) is 12.1 Å². The fourth-order valence-corrected chi connectivity index (χ4v) is 1.00. The van der Waals surface area contributed by atoms with Crippen molar-refractivity contribution in [3.63, 3.8) is 0 Å². The first kappa shape index (κ1) is 10.8. The van der Waals surface area contributed by atoms with Crippen molar-refractivity contribution < 1.29 is 9.90 Å². The summed E-state index contributed by atoms with van der Waals surface area (Å²) in [4.78, 5) is 14.0. The van der Waals surface area contributed by atoms with Gasteiger partial charge < -0.3 is 15.7 Å². The second-order valence-electron chi connectivity index (χ2n) is 2.67.